The van der Waals surface area contributed by atoms with Gasteiger partial charge in [0.05, 0.1) is 22.3 Å². The van der Waals surface area contributed by atoms with Crippen molar-refractivity contribution in [2.45, 2.75) is 13.1 Å². The smallest absolute Gasteiger partial charge is 0.333 e. The molecule has 0 bridgehead atoms. The van der Waals surface area contributed by atoms with Gasteiger partial charge < -0.3 is 4.90 Å². The molecule has 3 aromatic rings. The van der Waals surface area contributed by atoms with Crippen molar-refractivity contribution in [3.63, 3.8) is 0 Å². The lowest BCUT2D eigenvalue weighted by Gasteiger charge is -2.19. The van der Waals surface area contributed by atoms with Crippen molar-refractivity contribution >= 4 is 16.9 Å². The van der Waals surface area contributed by atoms with E-state index in [1.54, 1.807) is 14.0 Å². The molecule has 2 heterocycles. The topological polar surface area (TPSA) is 51.0 Å². The first-order valence-corrected chi connectivity index (χ1v) is 7.89. The van der Waals surface area contributed by atoms with Crippen LogP contribution in [0.3, 0.4) is 0 Å². The Balaban J connectivity index is 2.18. The second kappa shape index (κ2) is 6.44. The maximum absolute atomic E-state index is 12.7. The molecular weight excluding hydrogens is 345 g/mol. The van der Waals surface area contributed by atoms with Gasteiger partial charge in [0.15, 0.2) is 5.65 Å². The number of alkyl halides is 3. The molecule has 0 radical (unpaired) electrons. The number of carbonyl (C=O) groups excluding carboxylic acids is 1. The number of carbonyl (C=O) groups is 1. The molecule has 0 saturated carbocycles. The minimum Gasteiger partial charge on any atom is -0.333 e. The molecule has 26 heavy (non-hydrogen) atoms. The van der Waals surface area contributed by atoms with E-state index in [0.717, 1.165) is 12.6 Å². The van der Waals surface area contributed by atoms with Gasteiger partial charge in [-0.05, 0) is 13.0 Å². The summed E-state index contributed by atoms with van der Waals surface area (Å²) < 4.78 is 39.6. The van der Waals surface area contributed by atoms with Gasteiger partial charge in [-0.1, -0.05) is 30.3 Å². The number of amides is 1. The summed E-state index contributed by atoms with van der Waals surface area (Å²) in [7, 11) is 2.82. The Morgan fingerprint density at radius 2 is 1.88 bits per heavy atom. The van der Waals surface area contributed by atoms with Crippen LogP contribution in [0.1, 0.15) is 16.1 Å². The Bertz CT molecular complexity index is 964. The average molecular weight is 362 g/mol. The number of hydrogen-bond acceptors (Lipinski definition) is 3. The van der Waals surface area contributed by atoms with E-state index in [0.29, 0.717) is 27.3 Å². The molecule has 0 fully saturated rings. The van der Waals surface area contributed by atoms with E-state index in [9.17, 15) is 18.0 Å². The van der Waals surface area contributed by atoms with Gasteiger partial charge in [0.1, 0.15) is 6.54 Å². The predicted octanol–water partition coefficient (Wildman–Crippen LogP) is 3.58. The fraction of sp³-hybridized carbons (Fsp3) is 0.278. The number of halogens is 3. The molecule has 2 aromatic heterocycles. The molecule has 8 heteroatoms. The second-order valence-corrected chi connectivity index (χ2v) is 6.11. The van der Waals surface area contributed by atoms with Crippen LogP contribution in [0.2, 0.25) is 0 Å². The molecule has 1 aromatic carbocycles. The first-order valence-electron chi connectivity index (χ1n) is 7.89. The molecule has 0 aliphatic heterocycles. The summed E-state index contributed by atoms with van der Waals surface area (Å²) in [5.41, 5.74) is 2.42. The quantitative estimate of drug-likeness (QED) is 0.716. The minimum atomic E-state index is -4.47. The number of nitrogens with zero attached hydrogens (tertiary/aromatic N) is 4. The average Bonchev–Trinajstić information content (AvgIpc) is 2.87. The molecule has 0 aliphatic rings. The third-order valence-corrected chi connectivity index (χ3v) is 4.03. The second-order valence-electron chi connectivity index (χ2n) is 6.11. The molecule has 5 nitrogen and oxygen atoms in total. The third kappa shape index (κ3) is 3.40. The Morgan fingerprint density at radius 1 is 1.23 bits per heavy atom. The van der Waals surface area contributed by atoms with Gasteiger partial charge >= 0.3 is 6.18 Å². The Labute approximate surface area is 148 Å². The van der Waals surface area contributed by atoms with E-state index < -0.39 is 18.6 Å². The zero-order valence-electron chi connectivity index (χ0n) is 14.5. The van der Waals surface area contributed by atoms with Crippen LogP contribution in [0.25, 0.3) is 22.3 Å². The van der Waals surface area contributed by atoms with Crippen molar-refractivity contribution in [1.29, 1.82) is 0 Å². The highest BCUT2D eigenvalue weighted by Gasteiger charge is 2.32. The van der Waals surface area contributed by atoms with Crippen molar-refractivity contribution in [1.82, 2.24) is 19.7 Å². The van der Waals surface area contributed by atoms with E-state index in [4.69, 9.17) is 0 Å². The largest absolute Gasteiger partial charge is 0.406 e. The van der Waals surface area contributed by atoms with Crippen LogP contribution in [-0.4, -0.2) is 45.3 Å². The number of rotatable bonds is 3. The fourth-order valence-electron chi connectivity index (χ4n) is 2.92. The highest BCUT2D eigenvalue weighted by Crippen LogP contribution is 2.28. The minimum absolute atomic E-state index is 0.159. The molecule has 0 spiro atoms. The Hall–Kier alpha value is -2.90. The lowest BCUT2D eigenvalue weighted by atomic mass is 10.0. The molecular formula is C18H17F3N4O. The molecule has 3 rings (SSSR count). The number of aromatic nitrogens is 3. The molecule has 0 N–H and O–H groups in total. The number of pyridine rings is 1. The van der Waals surface area contributed by atoms with E-state index in [1.807, 2.05) is 30.3 Å². The SMILES string of the molecule is Cc1nn(C)c2nc(-c3ccccc3)cc(C(=O)N(C)CC(F)(F)F)c12. The summed E-state index contributed by atoms with van der Waals surface area (Å²) in [6.07, 6.45) is -4.47. The number of hydrogen-bond donors (Lipinski definition) is 0. The molecule has 0 atom stereocenters. The third-order valence-electron chi connectivity index (χ3n) is 4.03. The lowest BCUT2D eigenvalue weighted by molar-refractivity contribution is -0.138. The van der Waals surface area contributed by atoms with E-state index in [1.165, 1.54) is 10.7 Å². The van der Waals surface area contributed by atoms with Gasteiger partial charge in [0, 0.05) is 19.7 Å². The van der Waals surface area contributed by atoms with Crippen LogP contribution in [0, 0.1) is 6.92 Å². The number of aryl methyl sites for hydroxylation is 2. The maximum Gasteiger partial charge on any atom is 0.406 e. The fourth-order valence-corrected chi connectivity index (χ4v) is 2.92. The predicted molar refractivity (Wildman–Crippen MR) is 91.7 cm³/mol. The number of benzene rings is 1. The maximum atomic E-state index is 12.7. The Kier molecular flexibility index (Phi) is 4.43. The molecule has 1 amide bonds. The summed E-state index contributed by atoms with van der Waals surface area (Å²) in [6.45, 7) is 0.377. The van der Waals surface area contributed by atoms with E-state index in [-0.39, 0.29) is 5.56 Å². The molecule has 0 aliphatic carbocycles. The standard InChI is InChI=1S/C18H17F3N4O/c1-11-15-13(17(26)24(2)10-18(19,20)21)9-14(12-7-5-4-6-8-12)22-16(15)25(3)23-11/h4-9H,10H2,1-3H3. The van der Waals surface area contributed by atoms with Crippen molar-refractivity contribution in [2.24, 2.45) is 7.05 Å². The highest BCUT2D eigenvalue weighted by molar-refractivity contribution is 6.07. The van der Waals surface area contributed by atoms with Crippen molar-refractivity contribution in [2.75, 3.05) is 13.6 Å². The van der Waals surface area contributed by atoms with Gasteiger partial charge in [-0.25, -0.2) is 4.98 Å². The van der Waals surface area contributed by atoms with Crippen LogP contribution in [-0.2, 0) is 7.05 Å². The Morgan fingerprint density at radius 3 is 2.50 bits per heavy atom. The summed E-state index contributed by atoms with van der Waals surface area (Å²) in [4.78, 5) is 18.0. The lowest BCUT2D eigenvalue weighted by Crippen LogP contribution is -2.36. The van der Waals surface area contributed by atoms with Gasteiger partial charge in [0.2, 0.25) is 0 Å². The van der Waals surface area contributed by atoms with Gasteiger partial charge in [-0.3, -0.25) is 9.48 Å². The van der Waals surface area contributed by atoms with Gasteiger partial charge in [-0.2, -0.15) is 18.3 Å². The normalized spacial score (nSPS) is 11.8. The summed E-state index contributed by atoms with van der Waals surface area (Å²) >= 11 is 0. The zero-order valence-corrected chi connectivity index (χ0v) is 14.5. The van der Waals surface area contributed by atoms with Crippen LogP contribution >= 0.6 is 0 Å². The first-order chi connectivity index (χ1) is 12.2. The van der Waals surface area contributed by atoms with Crippen LogP contribution in [0.15, 0.2) is 36.4 Å². The van der Waals surface area contributed by atoms with Crippen molar-refractivity contribution in [3.8, 4) is 11.3 Å². The van der Waals surface area contributed by atoms with Crippen LogP contribution in [0.4, 0.5) is 13.2 Å². The molecule has 0 saturated heterocycles. The van der Waals surface area contributed by atoms with Gasteiger partial charge in [-0.15, -0.1) is 0 Å². The number of fused-ring (bicyclic) bond motifs is 1. The van der Waals surface area contributed by atoms with Crippen LogP contribution < -0.4 is 0 Å². The zero-order chi connectivity index (χ0) is 19.1. The molecule has 0 unspecified atom stereocenters. The summed E-state index contributed by atoms with van der Waals surface area (Å²) in [5.74, 6) is -0.719. The monoisotopic (exact) mass is 362 g/mol. The van der Waals surface area contributed by atoms with E-state index in [2.05, 4.69) is 10.1 Å². The highest BCUT2D eigenvalue weighted by atomic mass is 19.4. The first kappa shape index (κ1) is 17.9. The summed E-state index contributed by atoms with van der Waals surface area (Å²) in [5, 5.41) is 4.73. The summed E-state index contributed by atoms with van der Waals surface area (Å²) in [6, 6.07) is 10.7. The molecule has 136 valence electrons. The van der Waals surface area contributed by atoms with Crippen molar-refractivity contribution in [3.05, 3.63) is 47.7 Å². The van der Waals surface area contributed by atoms with Crippen LogP contribution in [0.5, 0.6) is 0 Å². The van der Waals surface area contributed by atoms with E-state index >= 15 is 0 Å². The van der Waals surface area contributed by atoms with Gasteiger partial charge in [0.25, 0.3) is 5.91 Å². The van der Waals surface area contributed by atoms with Crippen molar-refractivity contribution < 1.29 is 18.0 Å².